The molecule has 0 aliphatic carbocycles. The average Bonchev–Trinajstić information content (AvgIpc) is 2.67. The van der Waals surface area contributed by atoms with Crippen molar-refractivity contribution in [2.45, 2.75) is 5.60 Å². The van der Waals surface area contributed by atoms with Gasteiger partial charge in [0, 0.05) is 0 Å². The molecular weight excluding hydrogens is 344 g/mol. The van der Waals surface area contributed by atoms with Crippen molar-refractivity contribution in [2.24, 2.45) is 0 Å². The maximum Gasteiger partial charge on any atom is 0.241 e. The molecule has 0 fully saturated rings. The van der Waals surface area contributed by atoms with Gasteiger partial charge in [-0.2, -0.15) is 0 Å². The Hall–Kier alpha value is -2.00. The Balaban J connectivity index is 2.06. The summed E-state index contributed by atoms with van der Waals surface area (Å²) in [6.45, 7) is 2.74. The van der Waals surface area contributed by atoms with E-state index in [4.69, 9.17) is 28.4 Å². The summed E-state index contributed by atoms with van der Waals surface area (Å²) in [7, 11) is 0. The fourth-order valence-electron chi connectivity index (χ4n) is 2.13. The maximum atomic E-state index is 11.5. The van der Waals surface area contributed by atoms with E-state index in [1.165, 1.54) is 0 Å². The molecule has 0 radical (unpaired) electrons. The number of carbonyl (C=O) groups excluding carboxylic acids is 2. The molecule has 8 heteroatoms. The van der Waals surface area contributed by atoms with Crippen molar-refractivity contribution in [1.82, 2.24) is 0 Å². The van der Waals surface area contributed by atoms with E-state index in [9.17, 15) is 9.59 Å². The van der Waals surface area contributed by atoms with E-state index >= 15 is 0 Å². The Morgan fingerprint density at radius 3 is 1.77 bits per heavy atom. The number of hydrogen-bond donors (Lipinski definition) is 0. The number of aldehydes is 2. The van der Waals surface area contributed by atoms with Crippen LogP contribution in [0.3, 0.4) is 0 Å². The molecular formula is C18H24O8. The topological polar surface area (TPSA) is 89.5 Å². The van der Waals surface area contributed by atoms with Crippen molar-refractivity contribution in [1.29, 1.82) is 0 Å². The molecule has 1 aliphatic heterocycles. The van der Waals surface area contributed by atoms with Crippen LogP contribution in [0.1, 0.15) is 0 Å². The summed E-state index contributed by atoms with van der Waals surface area (Å²) in [5.41, 5.74) is -1.75. The van der Waals surface area contributed by atoms with E-state index in [0.717, 1.165) is 0 Å². The van der Waals surface area contributed by atoms with Crippen molar-refractivity contribution in [3.05, 3.63) is 24.3 Å². The highest BCUT2D eigenvalue weighted by atomic mass is 16.6. The third kappa shape index (κ3) is 6.72. The summed E-state index contributed by atoms with van der Waals surface area (Å²) < 4.78 is 32.8. The SMILES string of the molecule is O=CC1(C=O)COCCOCCOCCOCCOc2ccccc2O1. The zero-order valence-corrected chi connectivity index (χ0v) is 14.6. The minimum absolute atomic E-state index is 0.216. The molecule has 26 heavy (non-hydrogen) atoms. The largest absolute Gasteiger partial charge is 0.487 e. The monoisotopic (exact) mass is 368 g/mol. The Bertz CT molecular complexity index is 540. The van der Waals surface area contributed by atoms with Gasteiger partial charge < -0.3 is 28.4 Å². The van der Waals surface area contributed by atoms with Crippen LogP contribution < -0.4 is 9.47 Å². The number of ether oxygens (including phenoxy) is 6. The van der Waals surface area contributed by atoms with Crippen LogP contribution in [0, 0.1) is 0 Å². The second kappa shape index (κ2) is 11.6. The molecule has 0 amide bonds. The molecule has 0 bridgehead atoms. The quantitative estimate of drug-likeness (QED) is 0.556. The number of hydrogen-bond acceptors (Lipinski definition) is 8. The van der Waals surface area contributed by atoms with E-state index in [2.05, 4.69) is 0 Å². The van der Waals surface area contributed by atoms with Gasteiger partial charge in [-0.1, -0.05) is 12.1 Å². The number of benzene rings is 1. The van der Waals surface area contributed by atoms with Gasteiger partial charge in [0.2, 0.25) is 5.60 Å². The molecule has 1 aromatic rings. The first-order chi connectivity index (χ1) is 12.8. The molecule has 1 aliphatic rings. The first-order valence-electron chi connectivity index (χ1n) is 8.44. The van der Waals surface area contributed by atoms with Crippen LogP contribution in [0.25, 0.3) is 0 Å². The van der Waals surface area contributed by atoms with Crippen LogP contribution in [0.4, 0.5) is 0 Å². The van der Waals surface area contributed by atoms with Crippen molar-refractivity contribution < 1.29 is 38.0 Å². The van der Waals surface area contributed by atoms with Gasteiger partial charge in [-0.3, -0.25) is 9.59 Å². The van der Waals surface area contributed by atoms with Gasteiger partial charge in [0.1, 0.15) is 13.2 Å². The van der Waals surface area contributed by atoms with E-state index < -0.39 is 5.60 Å². The molecule has 2 rings (SSSR count). The number of rotatable bonds is 2. The number of para-hydroxylation sites is 2. The third-order valence-electron chi connectivity index (χ3n) is 3.48. The van der Waals surface area contributed by atoms with Gasteiger partial charge in [-0.15, -0.1) is 0 Å². The minimum atomic E-state index is -1.75. The Labute approximate surface area is 152 Å². The predicted molar refractivity (Wildman–Crippen MR) is 90.7 cm³/mol. The molecule has 0 saturated carbocycles. The Kier molecular flexibility index (Phi) is 9.05. The number of fused-ring (bicyclic) bond motifs is 1. The van der Waals surface area contributed by atoms with Crippen LogP contribution in [-0.2, 0) is 28.5 Å². The first kappa shape index (κ1) is 20.3. The highest BCUT2D eigenvalue weighted by Crippen LogP contribution is 2.29. The standard InChI is InChI=1S/C18H24O8/c19-13-18(14-20)15-24-10-9-22-6-5-21-7-8-23-11-12-25-16-3-1-2-4-17(16)26-18/h1-4,13-14H,5-12,15H2. The zero-order chi connectivity index (χ0) is 18.5. The molecule has 0 saturated heterocycles. The van der Waals surface area contributed by atoms with Gasteiger partial charge in [-0.25, -0.2) is 0 Å². The minimum Gasteiger partial charge on any atom is -0.487 e. The van der Waals surface area contributed by atoms with Gasteiger partial charge in [-0.05, 0) is 12.1 Å². The number of carbonyl (C=O) groups is 2. The zero-order valence-electron chi connectivity index (χ0n) is 14.6. The first-order valence-corrected chi connectivity index (χ1v) is 8.44. The molecule has 8 nitrogen and oxygen atoms in total. The van der Waals surface area contributed by atoms with Crippen LogP contribution >= 0.6 is 0 Å². The lowest BCUT2D eigenvalue weighted by Gasteiger charge is -2.24. The molecule has 0 spiro atoms. The third-order valence-corrected chi connectivity index (χ3v) is 3.48. The van der Waals surface area contributed by atoms with E-state index in [-0.39, 0.29) is 25.6 Å². The van der Waals surface area contributed by atoms with Gasteiger partial charge in [0.25, 0.3) is 0 Å². The van der Waals surface area contributed by atoms with E-state index in [1.54, 1.807) is 24.3 Å². The van der Waals surface area contributed by atoms with Crippen LogP contribution in [0.2, 0.25) is 0 Å². The molecule has 144 valence electrons. The molecule has 0 aromatic heterocycles. The summed E-state index contributed by atoms with van der Waals surface area (Å²) >= 11 is 0. The van der Waals surface area contributed by atoms with Crippen molar-refractivity contribution in [2.75, 3.05) is 59.5 Å². The van der Waals surface area contributed by atoms with Gasteiger partial charge >= 0.3 is 0 Å². The lowest BCUT2D eigenvalue weighted by molar-refractivity contribution is -0.138. The smallest absolute Gasteiger partial charge is 0.241 e. The second-order valence-electron chi connectivity index (χ2n) is 5.48. The van der Waals surface area contributed by atoms with Gasteiger partial charge in [0.15, 0.2) is 24.1 Å². The van der Waals surface area contributed by atoms with Crippen molar-refractivity contribution >= 4 is 12.6 Å². The summed E-state index contributed by atoms with van der Waals surface area (Å²) in [5, 5.41) is 0. The maximum absolute atomic E-state index is 11.5. The van der Waals surface area contributed by atoms with Crippen LogP contribution in [-0.4, -0.2) is 77.6 Å². The fourth-order valence-corrected chi connectivity index (χ4v) is 2.13. The molecule has 1 heterocycles. The van der Waals surface area contributed by atoms with E-state index in [1.807, 2.05) is 0 Å². The lowest BCUT2D eigenvalue weighted by atomic mass is 10.1. The predicted octanol–water partition coefficient (Wildman–Crippen LogP) is 0.661. The lowest BCUT2D eigenvalue weighted by Crippen LogP contribution is -2.45. The average molecular weight is 368 g/mol. The highest BCUT2D eigenvalue weighted by Gasteiger charge is 2.33. The normalized spacial score (nSPS) is 20.3. The fraction of sp³-hybridized carbons (Fsp3) is 0.556. The van der Waals surface area contributed by atoms with Crippen molar-refractivity contribution in [3.63, 3.8) is 0 Å². The van der Waals surface area contributed by atoms with Gasteiger partial charge in [0.05, 0.1) is 46.2 Å². The summed E-state index contributed by atoms with van der Waals surface area (Å²) in [6.07, 6.45) is 0.847. The molecule has 0 atom stereocenters. The summed E-state index contributed by atoms with van der Waals surface area (Å²) in [5.74, 6) is 0.681. The molecule has 1 aromatic carbocycles. The van der Waals surface area contributed by atoms with Crippen LogP contribution in [0.5, 0.6) is 11.5 Å². The summed E-state index contributed by atoms with van der Waals surface area (Å²) in [4.78, 5) is 23.0. The van der Waals surface area contributed by atoms with Crippen LogP contribution in [0.15, 0.2) is 24.3 Å². The Morgan fingerprint density at radius 1 is 0.692 bits per heavy atom. The Morgan fingerprint density at radius 2 is 1.19 bits per heavy atom. The highest BCUT2D eigenvalue weighted by molar-refractivity contribution is 5.88. The second-order valence-corrected chi connectivity index (χ2v) is 5.48. The van der Waals surface area contributed by atoms with E-state index in [0.29, 0.717) is 58.0 Å². The molecule has 0 unspecified atom stereocenters. The van der Waals surface area contributed by atoms with Crippen molar-refractivity contribution in [3.8, 4) is 11.5 Å². The molecule has 0 N–H and O–H groups in total. The summed E-state index contributed by atoms with van der Waals surface area (Å²) in [6, 6.07) is 6.79.